The zero-order valence-corrected chi connectivity index (χ0v) is 62.8. The van der Waals surface area contributed by atoms with E-state index in [1.165, 1.54) is 47.5 Å². The molecule has 1 aliphatic carbocycles. The first-order valence-electron chi connectivity index (χ1n) is 33.2. The van der Waals surface area contributed by atoms with Crippen molar-refractivity contribution in [2.75, 3.05) is 114 Å². The molecule has 1 aliphatic heterocycles. The van der Waals surface area contributed by atoms with E-state index in [4.69, 9.17) is 37.0 Å². The largest absolute Gasteiger partial charge is 0.480 e. The zero-order chi connectivity index (χ0) is 71.4. The number of esters is 1. The number of ether oxygens (including phenoxy) is 1. The number of piperidine rings is 1. The lowest BCUT2D eigenvalue weighted by molar-refractivity contribution is -0.147. The molecule has 10 N–H and O–H groups in total. The molecule has 0 aromatic carbocycles. The number of carbonyl (C=O) groups excluding carboxylic acids is 4. The Kier molecular flexibility index (Phi) is 81.6. The van der Waals surface area contributed by atoms with Gasteiger partial charge in [0.15, 0.2) is 0 Å². The maximum Gasteiger partial charge on any atom is 0.325 e. The fraction of sp³-hybridized carbons (Fsp3) is 0.913. The number of hydrogen-bond acceptors (Lipinski definition) is 14. The van der Waals surface area contributed by atoms with Crippen LogP contribution >= 0.6 is 0 Å². The van der Waals surface area contributed by atoms with E-state index in [2.05, 4.69) is 142 Å². The predicted octanol–water partition coefficient (Wildman–Crippen LogP) is 11.2. The molecule has 19 heteroatoms. The number of nitrogens with one attached hydrogen (secondary N) is 1. The molecule has 0 radical (unpaired) electrons. The Morgan fingerprint density at radius 2 is 0.750 bits per heavy atom. The van der Waals surface area contributed by atoms with Crippen molar-refractivity contribution in [3.63, 3.8) is 0 Å². The van der Waals surface area contributed by atoms with E-state index in [9.17, 15) is 28.8 Å². The van der Waals surface area contributed by atoms with Crippen LogP contribution in [-0.4, -0.2) is 194 Å². The van der Waals surface area contributed by atoms with Crippen molar-refractivity contribution in [2.24, 2.45) is 94.3 Å². The number of amides is 3. The van der Waals surface area contributed by atoms with E-state index < -0.39 is 17.9 Å². The number of likely N-dealkylation sites (N-methyl/N-ethyl adjacent to an activating group) is 1. The second kappa shape index (κ2) is 69.4. The molecule has 0 bridgehead atoms. The molecule has 2 rings (SSSR count). The van der Waals surface area contributed by atoms with Gasteiger partial charge in [-0.15, -0.1) is 0 Å². The van der Waals surface area contributed by atoms with E-state index in [0.29, 0.717) is 77.0 Å². The van der Waals surface area contributed by atoms with Crippen LogP contribution in [0.15, 0.2) is 0 Å². The van der Waals surface area contributed by atoms with E-state index in [0.717, 1.165) is 73.5 Å². The topological polar surface area (TPSA) is 290 Å². The molecule has 4 unspecified atom stereocenters. The van der Waals surface area contributed by atoms with Crippen molar-refractivity contribution in [3.8, 4) is 0 Å². The number of aliphatic hydroxyl groups is 3. The number of carboxylic acid groups (broad SMARTS) is 2. The van der Waals surface area contributed by atoms with Crippen molar-refractivity contribution < 1.29 is 59.0 Å². The third kappa shape index (κ3) is 93.7. The summed E-state index contributed by atoms with van der Waals surface area (Å²) >= 11 is 0. The fourth-order valence-corrected chi connectivity index (χ4v) is 7.09. The highest BCUT2D eigenvalue weighted by Gasteiger charge is 2.26. The summed E-state index contributed by atoms with van der Waals surface area (Å²) in [5, 5.41) is 45.5. The van der Waals surface area contributed by atoms with Gasteiger partial charge in [0.2, 0.25) is 17.7 Å². The Morgan fingerprint density at radius 3 is 0.977 bits per heavy atom. The average Bonchev–Trinajstić information content (AvgIpc) is 3.87. The van der Waals surface area contributed by atoms with Crippen LogP contribution in [-0.2, 0) is 33.5 Å². The molecule has 19 nitrogen and oxygen atoms in total. The Morgan fingerprint density at radius 1 is 0.455 bits per heavy atom. The molecular formula is C69H151N7O12. The SMILES string of the molecule is CC(C)C.CC(C)C.CC(C)C.CC(C)C.CC(C)C.CC(C)C1CCC(CO)C1.CC(C)C1CNCC(CO)C1.CC(C)CC(=O)N(CCN(C)C)CC(=O)O.CC(C)CC(=O)N(CCN)CC(=O)O.CO.COC(=O)CN(CCN)C(=O)CC(C)C. The summed E-state index contributed by atoms with van der Waals surface area (Å²) in [6.45, 7) is 58.1. The van der Waals surface area contributed by atoms with Crippen molar-refractivity contribution in [1.82, 2.24) is 24.9 Å². The predicted molar refractivity (Wildman–Crippen MR) is 372 cm³/mol. The minimum absolute atomic E-state index is 0.0146. The van der Waals surface area contributed by atoms with Gasteiger partial charge < -0.3 is 66.7 Å². The monoisotopic (exact) mass is 1270 g/mol. The molecule has 0 aromatic rings. The van der Waals surface area contributed by atoms with Crippen LogP contribution in [0.3, 0.4) is 0 Å². The first-order chi connectivity index (χ1) is 40.4. The van der Waals surface area contributed by atoms with Crippen molar-refractivity contribution in [3.05, 3.63) is 0 Å². The van der Waals surface area contributed by atoms with Crippen LogP contribution < -0.4 is 16.8 Å². The van der Waals surface area contributed by atoms with Gasteiger partial charge in [-0.05, 0) is 129 Å². The highest BCUT2D eigenvalue weighted by molar-refractivity contribution is 5.83. The quantitative estimate of drug-likeness (QED) is 0.0441. The Balaban J connectivity index is -0.000000117. The van der Waals surface area contributed by atoms with E-state index in [1.54, 1.807) is 0 Å². The summed E-state index contributed by atoms with van der Waals surface area (Å²) in [6, 6.07) is 0. The Hall–Kier alpha value is -3.46. The van der Waals surface area contributed by atoms with Gasteiger partial charge in [-0.25, -0.2) is 0 Å². The molecule has 0 aromatic heterocycles. The van der Waals surface area contributed by atoms with E-state index >= 15 is 0 Å². The summed E-state index contributed by atoms with van der Waals surface area (Å²) in [7, 11) is 6.09. The molecule has 534 valence electrons. The lowest BCUT2D eigenvalue weighted by atomic mass is 9.84. The van der Waals surface area contributed by atoms with Crippen LogP contribution in [0.5, 0.6) is 0 Å². The van der Waals surface area contributed by atoms with Crippen molar-refractivity contribution in [2.45, 2.75) is 218 Å². The lowest BCUT2D eigenvalue weighted by Gasteiger charge is -2.31. The van der Waals surface area contributed by atoms with Crippen LogP contribution in [0.2, 0.25) is 0 Å². The number of carboxylic acids is 2. The molecular weight excluding hydrogens is 1120 g/mol. The second-order valence-corrected chi connectivity index (χ2v) is 28.5. The highest BCUT2D eigenvalue weighted by Crippen LogP contribution is 2.35. The number of aliphatic hydroxyl groups excluding tert-OH is 3. The maximum atomic E-state index is 11.7. The van der Waals surface area contributed by atoms with Gasteiger partial charge in [0, 0.05) is 85.4 Å². The first kappa shape index (κ1) is 103. The third-order valence-corrected chi connectivity index (χ3v) is 11.1. The first-order valence-corrected chi connectivity index (χ1v) is 33.2. The standard InChI is InChI=1S/C11H22N2O3.C10H20N2O3.C9H18N2O3.C9H19NO.C9H18O.5C4H10.CH4O/c1-9(2)7-10(14)13(8-11(15)16)6-5-12(3)4;1-8(2)6-9(13)12(5-4-11)7-10(14)15-3;1-7(2)5-8(12)11(4-3-10)6-9(13)14;1-7(2)9-3-8(6-11)4-10-5-9;1-7(2)9-4-3-8(5-9)6-10;5*1-4(2)3;1-2/h9H,5-8H2,1-4H3,(H,15,16);8H,4-7,11H2,1-3H3;7H,3-6,10H2,1-2H3,(H,13,14);7-11H,3-6H2,1-2H3;7-10H,3-6H2,1-2H3;5*4H,1-3H3;2H,1H3. The smallest absolute Gasteiger partial charge is 0.325 e. The van der Waals surface area contributed by atoms with E-state index in [1.807, 2.05) is 60.5 Å². The molecule has 4 atom stereocenters. The molecule has 2 aliphatic rings. The Bertz CT molecular complexity index is 1510. The summed E-state index contributed by atoms with van der Waals surface area (Å²) in [6.07, 6.45) is 6.24. The number of nitrogens with two attached hydrogens (primary N) is 2. The van der Waals surface area contributed by atoms with Crippen LogP contribution in [0, 0.1) is 82.9 Å². The lowest BCUT2D eigenvalue weighted by Crippen LogP contribution is -2.40. The molecule has 1 heterocycles. The fourth-order valence-electron chi connectivity index (χ4n) is 7.09. The number of methoxy groups -OCH3 is 1. The van der Waals surface area contributed by atoms with E-state index in [-0.39, 0.29) is 61.7 Å². The van der Waals surface area contributed by atoms with Gasteiger partial charge in [-0.3, -0.25) is 28.8 Å². The normalized spacial score (nSPS) is 15.4. The molecule has 1 saturated carbocycles. The number of carbonyl (C=O) groups is 6. The van der Waals surface area contributed by atoms with Gasteiger partial charge >= 0.3 is 17.9 Å². The number of hydrogen-bond donors (Lipinski definition) is 8. The summed E-state index contributed by atoms with van der Waals surface area (Å²) in [4.78, 5) is 73.0. The summed E-state index contributed by atoms with van der Waals surface area (Å²) in [5.74, 6) is 6.59. The van der Waals surface area contributed by atoms with Crippen LogP contribution in [0.1, 0.15) is 218 Å². The van der Waals surface area contributed by atoms with Gasteiger partial charge in [-0.2, -0.15) is 0 Å². The third-order valence-electron chi connectivity index (χ3n) is 11.1. The average molecular weight is 1270 g/mol. The van der Waals surface area contributed by atoms with Crippen molar-refractivity contribution >= 4 is 35.6 Å². The minimum Gasteiger partial charge on any atom is -0.480 e. The van der Waals surface area contributed by atoms with Gasteiger partial charge in [-0.1, -0.05) is 173 Å². The molecule has 1 saturated heterocycles. The highest BCUT2D eigenvalue weighted by atomic mass is 16.5. The molecule has 88 heavy (non-hydrogen) atoms. The van der Waals surface area contributed by atoms with Gasteiger partial charge in [0.25, 0.3) is 0 Å². The molecule has 2 fully saturated rings. The maximum absolute atomic E-state index is 11.7. The number of nitrogens with zero attached hydrogens (tertiary/aromatic N) is 4. The minimum atomic E-state index is -1.00. The molecule has 0 spiro atoms. The van der Waals surface area contributed by atoms with Crippen molar-refractivity contribution in [1.29, 1.82) is 0 Å². The zero-order valence-electron chi connectivity index (χ0n) is 62.8. The summed E-state index contributed by atoms with van der Waals surface area (Å²) in [5.41, 5.74) is 10.7. The van der Waals surface area contributed by atoms with Crippen LogP contribution in [0.4, 0.5) is 0 Å². The number of aliphatic carboxylic acids is 2. The second-order valence-electron chi connectivity index (χ2n) is 28.5. The van der Waals surface area contributed by atoms with Gasteiger partial charge in [0.1, 0.15) is 19.6 Å². The number of rotatable bonds is 23. The molecule has 3 amide bonds. The van der Waals surface area contributed by atoms with Crippen LogP contribution in [0.25, 0.3) is 0 Å². The van der Waals surface area contributed by atoms with Gasteiger partial charge in [0.05, 0.1) is 7.11 Å². The summed E-state index contributed by atoms with van der Waals surface area (Å²) < 4.78 is 4.51. The Labute approximate surface area is 543 Å².